The fourth-order valence-corrected chi connectivity index (χ4v) is 2.72. The van der Waals surface area contributed by atoms with Crippen LogP contribution in [0.5, 0.6) is 11.5 Å². The standard InChI is InChI=1S/C22H18N4O2/c27-22(17-7-6-11-20(15-17)28-19-9-2-1-3-10-19)25-21-12-14-24-26(21)16-18-8-4-5-13-23-18/h1-15H,16H2,(H,25,27). The Morgan fingerprint density at radius 1 is 0.893 bits per heavy atom. The summed E-state index contributed by atoms with van der Waals surface area (Å²) in [5.41, 5.74) is 1.36. The van der Waals surface area contributed by atoms with Gasteiger partial charge >= 0.3 is 0 Å². The SMILES string of the molecule is O=C(Nc1ccnn1Cc1ccccn1)c1cccc(Oc2ccccc2)c1. The fourth-order valence-electron chi connectivity index (χ4n) is 2.72. The number of carbonyl (C=O) groups excluding carboxylic acids is 1. The fraction of sp³-hybridized carbons (Fsp3) is 0.0455. The first-order valence-electron chi connectivity index (χ1n) is 8.84. The van der Waals surface area contributed by atoms with Gasteiger partial charge in [-0.15, -0.1) is 0 Å². The number of nitrogens with one attached hydrogen (secondary N) is 1. The van der Waals surface area contributed by atoms with Crippen LogP contribution in [0.15, 0.2) is 91.3 Å². The van der Waals surface area contributed by atoms with Gasteiger partial charge in [0.05, 0.1) is 18.4 Å². The Hall–Kier alpha value is -3.93. The molecule has 0 unspecified atom stereocenters. The third-order valence-electron chi connectivity index (χ3n) is 4.07. The lowest BCUT2D eigenvalue weighted by atomic mass is 10.2. The predicted octanol–water partition coefficient (Wildman–Crippen LogP) is 4.37. The van der Waals surface area contributed by atoms with Gasteiger partial charge in [0.15, 0.2) is 0 Å². The van der Waals surface area contributed by atoms with Gasteiger partial charge in [-0.05, 0) is 42.5 Å². The molecule has 2 heterocycles. The lowest BCUT2D eigenvalue weighted by Crippen LogP contribution is -2.16. The van der Waals surface area contributed by atoms with E-state index in [1.807, 2.05) is 54.6 Å². The first-order valence-corrected chi connectivity index (χ1v) is 8.84. The Balaban J connectivity index is 1.47. The number of anilines is 1. The first kappa shape index (κ1) is 17.5. The van der Waals surface area contributed by atoms with Gasteiger partial charge in [0.25, 0.3) is 5.91 Å². The number of hydrogen-bond donors (Lipinski definition) is 1. The molecule has 0 fully saturated rings. The van der Waals surface area contributed by atoms with Crippen molar-refractivity contribution in [3.05, 3.63) is 103 Å². The Labute approximate surface area is 162 Å². The molecular formula is C22H18N4O2. The number of carbonyl (C=O) groups is 1. The Morgan fingerprint density at radius 2 is 1.71 bits per heavy atom. The van der Waals surface area contributed by atoms with Gasteiger partial charge in [-0.1, -0.05) is 30.3 Å². The molecule has 138 valence electrons. The highest BCUT2D eigenvalue weighted by Crippen LogP contribution is 2.22. The van der Waals surface area contributed by atoms with E-state index < -0.39 is 0 Å². The van der Waals surface area contributed by atoms with E-state index in [9.17, 15) is 4.79 Å². The number of benzene rings is 2. The van der Waals surface area contributed by atoms with Gasteiger partial charge in [-0.2, -0.15) is 5.10 Å². The average Bonchev–Trinajstić information content (AvgIpc) is 3.16. The molecule has 0 radical (unpaired) electrons. The third-order valence-corrected chi connectivity index (χ3v) is 4.07. The molecule has 1 N–H and O–H groups in total. The van der Waals surface area contributed by atoms with Crippen molar-refractivity contribution in [2.24, 2.45) is 0 Å². The van der Waals surface area contributed by atoms with Crippen LogP contribution in [0.25, 0.3) is 0 Å². The Kier molecular flexibility index (Phi) is 5.11. The first-order chi connectivity index (χ1) is 13.8. The van der Waals surface area contributed by atoms with Gasteiger partial charge in [0.1, 0.15) is 17.3 Å². The minimum Gasteiger partial charge on any atom is -0.457 e. The van der Waals surface area contributed by atoms with Crippen molar-refractivity contribution in [3.63, 3.8) is 0 Å². The van der Waals surface area contributed by atoms with Crippen molar-refractivity contribution >= 4 is 11.7 Å². The summed E-state index contributed by atoms with van der Waals surface area (Å²) in [5, 5.41) is 7.17. The van der Waals surface area contributed by atoms with Crippen molar-refractivity contribution < 1.29 is 9.53 Å². The molecule has 0 saturated carbocycles. The molecule has 4 rings (SSSR count). The summed E-state index contributed by atoms with van der Waals surface area (Å²) in [5.74, 6) is 1.68. The van der Waals surface area contributed by atoms with Crippen LogP contribution in [0.3, 0.4) is 0 Å². The van der Waals surface area contributed by atoms with E-state index in [2.05, 4.69) is 15.4 Å². The lowest BCUT2D eigenvalue weighted by molar-refractivity contribution is 0.102. The minimum atomic E-state index is -0.235. The van der Waals surface area contributed by atoms with E-state index in [-0.39, 0.29) is 5.91 Å². The molecule has 6 heteroatoms. The molecule has 28 heavy (non-hydrogen) atoms. The second kappa shape index (κ2) is 8.18. The van der Waals surface area contributed by atoms with Crippen LogP contribution in [0.2, 0.25) is 0 Å². The summed E-state index contributed by atoms with van der Waals surface area (Å²) in [6.07, 6.45) is 3.38. The summed E-state index contributed by atoms with van der Waals surface area (Å²) < 4.78 is 7.50. The molecule has 2 aromatic carbocycles. The Bertz CT molecular complexity index is 1060. The highest BCUT2D eigenvalue weighted by atomic mass is 16.5. The number of hydrogen-bond acceptors (Lipinski definition) is 4. The number of pyridine rings is 1. The predicted molar refractivity (Wildman–Crippen MR) is 106 cm³/mol. The molecule has 0 aliphatic carbocycles. The lowest BCUT2D eigenvalue weighted by Gasteiger charge is -2.10. The van der Waals surface area contributed by atoms with E-state index in [1.165, 1.54) is 0 Å². The highest BCUT2D eigenvalue weighted by molar-refractivity contribution is 6.04. The summed E-state index contributed by atoms with van der Waals surface area (Å²) in [7, 11) is 0. The van der Waals surface area contributed by atoms with Crippen molar-refractivity contribution in [3.8, 4) is 11.5 Å². The van der Waals surface area contributed by atoms with E-state index in [1.54, 1.807) is 41.3 Å². The molecular weight excluding hydrogens is 352 g/mol. The van der Waals surface area contributed by atoms with Crippen LogP contribution in [0.1, 0.15) is 16.1 Å². The van der Waals surface area contributed by atoms with Crippen molar-refractivity contribution in [1.29, 1.82) is 0 Å². The molecule has 6 nitrogen and oxygen atoms in total. The largest absolute Gasteiger partial charge is 0.457 e. The number of nitrogens with zero attached hydrogens (tertiary/aromatic N) is 3. The zero-order valence-corrected chi connectivity index (χ0v) is 15.0. The number of amides is 1. The van der Waals surface area contributed by atoms with Gasteiger partial charge in [-0.25, -0.2) is 4.68 Å². The van der Waals surface area contributed by atoms with Crippen LogP contribution in [-0.2, 0) is 6.54 Å². The highest BCUT2D eigenvalue weighted by Gasteiger charge is 2.11. The topological polar surface area (TPSA) is 69.0 Å². The average molecular weight is 370 g/mol. The molecule has 0 saturated heterocycles. The monoisotopic (exact) mass is 370 g/mol. The maximum atomic E-state index is 12.7. The normalized spacial score (nSPS) is 10.4. The summed E-state index contributed by atoms with van der Waals surface area (Å²) in [6.45, 7) is 0.473. The number of aromatic nitrogens is 3. The molecule has 4 aromatic rings. The molecule has 0 aliphatic rings. The maximum absolute atomic E-state index is 12.7. The summed E-state index contributed by atoms with van der Waals surface area (Å²) >= 11 is 0. The van der Waals surface area contributed by atoms with E-state index in [4.69, 9.17) is 4.74 Å². The van der Waals surface area contributed by atoms with Crippen LogP contribution >= 0.6 is 0 Å². The molecule has 0 spiro atoms. The molecule has 0 aliphatic heterocycles. The molecule has 2 aromatic heterocycles. The van der Waals surface area contributed by atoms with Crippen molar-refractivity contribution in [1.82, 2.24) is 14.8 Å². The quantitative estimate of drug-likeness (QED) is 0.547. The van der Waals surface area contributed by atoms with E-state index in [0.717, 1.165) is 5.69 Å². The smallest absolute Gasteiger partial charge is 0.256 e. The van der Waals surface area contributed by atoms with E-state index >= 15 is 0 Å². The summed E-state index contributed by atoms with van der Waals surface area (Å²) in [6, 6.07) is 24.0. The van der Waals surface area contributed by atoms with Gasteiger partial charge in [0.2, 0.25) is 0 Å². The van der Waals surface area contributed by atoms with Crippen LogP contribution in [-0.4, -0.2) is 20.7 Å². The second-order valence-electron chi connectivity index (χ2n) is 6.09. The van der Waals surface area contributed by atoms with Crippen LogP contribution in [0.4, 0.5) is 5.82 Å². The zero-order valence-electron chi connectivity index (χ0n) is 15.0. The zero-order chi connectivity index (χ0) is 19.2. The number of para-hydroxylation sites is 1. The number of rotatable bonds is 6. The van der Waals surface area contributed by atoms with E-state index in [0.29, 0.717) is 29.4 Å². The second-order valence-corrected chi connectivity index (χ2v) is 6.09. The Morgan fingerprint density at radius 3 is 2.54 bits per heavy atom. The number of ether oxygens (including phenoxy) is 1. The maximum Gasteiger partial charge on any atom is 0.256 e. The minimum absolute atomic E-state index is 0.235. The molecule has 0 atom stereocenters. The van der Waals surface area contributed by atoms with Gasteiger partial charge < -0.3 is 10.1 Å². The third kappa shape index (κ3) is 4.24. The summed E-state index contributed by atoms with van der Waals surface area (Å²) in [4.78, 5) is 17.0. The van der Waals surface area contributed by atoms with Gasteiger partial charge in [-0.3, -0.25) is 9.78 Å². The molecule has 1 amide bonds. The van der Waals surface area contributed by atoms with Crippen molar-refractivity contribution in [2.75, 3.05) is 5.32 Å². The van der Waals surface area contributed by atoms with Crippen LogP contribution < -0.4 is 10.1 Å². The van der Waals surface area contributed by atoms with Crippen molar-refractivity contribution in [2.45, 2.75) is 6.54 Å². The van der Waals surface area contributed by atoms with Gasteiger partial charge in [0, 0.05) is 17.8 Å². The molecule has 0 bridgehead atoms. The van der Waals surface area contributed by atoms with Crippen LogP contribution in [0, 0.1) is 0 Å².